The van der Waals surface area contributed by atoms with Gasteiger partial charge >= 0.3 is 0 Å². The highest BCUT2D eigenvalue weighted by atomic mass is 32.1. The van der Waals surface area contributed by atoms with Crippen LogP contribution in [0.5, 0.6) is 5.75 Å². The van der Waals surface area contributed by atoms with Gasteiger partial charge in [-0.2, -0.15) is 0 Å². The summed E-state index contributed by atoms with van der Waals surface area (Å²) < 4.78 is 11.3. The first-order chi connectivity index (χ1) is 13.2. The lowest BCUT2D eigenvalue weighted by Gasteiger charge is -2.24. The van der Waals surface area contributed by atoms with Crippen molar-refractivity contribution in [3.63, 3.8) is 0 Å². The lowest BCUT2D eigenvalue weighted by molar-refractivity contribution is 0.340. The Morgan fingerprint density at radius 2 is 2.04 bits per heavy atom. The van der Waals surface area contributed by atoms with Gasteiger partial charge < -0.3 is 19.4 Å². The molecular weight excluding hydrogens is 380 g/mol. The number of ether oxygens (including phenoxy) is 1. The van der Waals surface area contributed by atoms with Crippen molar-refractivity contribution in [3.8, 4) is 16.5 Å². The fraction of sp³-hybridized carbons (Fsp3) is 0.316. The molecule has 3 aromatic rings. The van der Waals surface area contributed by atoms with Gasteiger partial charge in [0.05, 0.1) is 18.0 Å². The van der Waals surface area contributed by atoms with Gasteiger partial charge in [0.1, 0.15) is 5.75 Å². The first-order valence-electron chi connectivity index (χ1n) is 8.84. The predicted octanol–water partition coefficient (Wildman–Crippen LogP) is 4.81. The Labute approximate surface area is 168 Å². The van der Waals surface area contributed by atoms with E-state index in [2.05, 4.69) is 22.4 Å². The van der Waals surface area contributed by atoms with Crippen LogP contribution >= 0.6 is 23.6 Å². The molecule has 1 N–H and O–H groups in total. The molecule has 2 heterocycles. The zero-order valence-electron chi connectivity index (χ0n) is 15.3. The Hall–Kier alpha value is -2.45. The third-order valence-corrected chi connectivity index (χ3v) is 4.94. The molecule has 0 unspecified atom stereocenters. The summed E-state index contributed by atoms with van der Waals surface area (Å²) in [7, 11) is 0. The number of anilines is 1. The van der Waals surface area contributed by atoms with Crippen LogP contribution in [0.4, 0.5) is 5.69 Å². The molecule has 0 aliphatic heterocycles. The van der Waals surface area contributed by atoms with E-state index in [1.165, 1.54) is 0 Å². The number of nitrogens with one attached hydrogen (secondary N) is 1. The van der Waals surface area contributed by atoms with Gasteiger partial charge in [0.2, 0.25) is 5.89 Å². The molecule has 0 aliphatic rings. The standard InChI is InChI=1S/C19H22N4O2S2/c1-3-11-23(13-17-21-22-18(25-17)16-6-5-12-27-16)19(26)20-14-7-9-15(10-8-14)24-4-2/h5-10,12H,3-4,11,13H2,1-2H3,(H,20,26). The summed E-state index contributed by atoms with van der Waals surface area (Å²) in [4.78, 5) is 2.99. The SMILES string of the molecule is CCCN(Cc1nnc(-c2cccs2)o1)C(=S)Nc1ccc(OCC)cc1. The number of aromatic nitrogens is 2. The number of thiophene rings is 1. The second-order valence-electron chi connectivity index (χ2n) is 5.79. The van der Waals surface area contributed by atoms with Crippen molar-refractivity contribution >= 4 is 34.4 Å². The molecule has 0 radical (unpaired) electrons. The minimum Gasteiger partial charge on any atom is -0.494 e. The highest BCUT2D eigenvalue weighted by Gasteiger charge is 2.15. The van der Waals surface area contributed by atoms with Gasteiger partial charge in [-0.3, -0.25) is 0 Å². The Kier molecular flexibility index (Phi) is 6.78. The van der Waals surface area contributed by atoms with Crippen LogP contribution in [0.3, 0.4) is 0 Å². The summed E-state index contributed by atoms with van der Waals surface area (Å²) >= 11 is 7.16. The number of rotatable bonds is 8. The average Bonchev–Trinajstić information content (AvgIpc) is 3.34. The van der Waals surface area contributed by atoms with Crippen LogP contribution in [-0.2, 0) is 6.54 Å². The summed E-state index contributed by atoms with van der Waals surface area (Å²) in [5.41, 5.74) is 0.911. The molecule has 0 fully saturated rings. The van der Waals surface area contributed by atoms with Gasteiger partial charge in [0, 0.05) is 12.2 Å². The maximum absolute atomic E-state index is 5.79. The van der Waals surface area contributed by atoms with Crippen molar-refractivity contribution in [2.24, 2.45) is 0 Å². The fourth-order valence-electron chi connectivity index (χ4n) is 2.51. The number of hydrogen-bond donors (Lipinski definition) is 1. The molecule has 0 amide bonds. The molecule has 0 bridgehead atoms. The molecule has 0 saturated carbocycles. The van der Waals surface area contributed by atoms with E-state index in [1.54, 1.807) is 11.3 Å². The van der Waals surface area contributed by atoms with E-state index < -0.39 is 0 Å². The minimum absolute atomic E-state index is 0.467. The fourth-order valence-corrected chi connectivity index (χ4v) is 3.42. The van der Waals surface area contributed by atoms with Crippen LogP contribution < -0.4 is 10.1 Å². The number of benzene rings is 1. The summed E-state index contributed by atoms with van der Waals surface area (Å²) in [6.07, 6.45) is 0.955. The number of hydrogen-bond acceptors (Lipinski definition) is 6. The first-order valence-corrected chi connectivity index (χ1v) is 10.1. The van der Waals surface area contributed by atoms with E-state index in [9.17, 15) is 0 Å². The highest BCUT2D eigenvalue weighted by molar-refractivity contribution is 7.80. The third kappa shape index (κ3) is 5.27. The first kappa shape index (κ1) is 19.3. The summed E-state index contributed by atoms with van der Waals surface area (Å²) in [6, 6.07) is 11.7. The quantitative estimate of drug-likeness (QED) is 0.543. The number of nitrogens with zero attached hydrogens (tertiary/aromatic N) is 3. The lowest BCUT2D eigenvalue weighted by Crippen LogP contribution is -2.35. The molecular formula is C19H22N4O2S2. The van der Waals surface area contributed by atoms with Crippen molar-refractivity contribution in [1.82, 2.24) is 15.1 Å². The van der Waals surface area contributed by atoms with E-state index in [1.807, 2.05) is 53.6 Å². The molecule has 0 saturated heterocycles. The molecule has 142 valence electrons. The second kappa shape index (κ2) is 9.48. The summed E-state index contributed by atoms with van der Waals surface area (Å²) in [6.45, 7) is 5.98. The summed E-state index contributed by atoms with van der Waals surface area (Å²) in [5, 5.41) is 14.2. The van der Waals surface area contributed by atoms with Crippen molar-refractivity contribution in [1.29, 1.82) is 0 Å². The molecule has 0 spiro atoms. The molecule has 8 heteroatoms. The van der Waals surface area contributed by atoms with Crippen molar-refractivity contribution in [2.45, 2.75) is 26.8 Å². The maximum atomic E-state index is 5.79. The van der Waals surface area contributed by atoms with Crippen molar-refractivity contribution in [3.05, 3.63) is 47.7 Å². The van der Waals surface area contributed by atoms with Gasteiger partial charge in [-0.05, 0) is 61.3 Å². The molecule has 6 nitrogen and oxygen atoms in total. The molecule has 0 aliphatic carbocycles. The monoisotopic (exact) mass is 402 g/mol. The van der Waals surface area contributed by atoms with E-state index in [0.29, 0.717) is 30.0 Å². The predicted molar refractivity (Wildman–Crippen MR) is 112 cm³/mol. The van der Waals surface area contributed by atoms with Crippen molar-refractivity contribution in [2.75, 3.05) is 18.5 Å². The van der Waals surface area contributed by atoms with Crippen LogP contribution in [-0.4, -0.2) is 33.4 Å². The van der Waals surface area contributed by atoms with E-state index >= 15 is 0 Å². The second-order valence-corrected chi connectivity index (χ2v) is 7.12. The van der Waals surface area contributed by atoms with E-state index in [-0.39, 0.29) is 0 Å². The maximum Gasteiger partial charge on any atom is 0.257 e. The van der Waals surface area contributed by atoms with Gasteiger partial charge in [-0.15, -0.1) is 21.5 Å². The molecule has 3 rings (SSSR count). The normalized spacial score (nSPS) is 10.6. The molecule has 27 heavy (non-hydrogen) atoms. The molecule has 2 aromatic heterocycles. The zero-order valence-corrected chi connectivity index (χ0v) is 17.0. The Morgan fingerprint density at radius 3 is 2.70 bits per heavy atom. The van der Waals surface area contributed by atoms with Crippen LogP contribution in [0.15, 0.2) is 46.2 Å². The largest absolute Gasteiger partial charge is 0.494 e. The smallest absolute Gasteiger partial charge is 0.257 e. The van der Waals surface area contributed by atoms with Gasteiger partial charge in [0.25, 0.3) is 5.89 Å². The lowest BCUT2D eigenvalue weighted by atomic mass is 10.3. The van der Waals surface area contributed by atoms with Gasteiger partial charge in [-0.25, -0.2) is 0 Å². The number of thiocarbonyl (C=S) groups is 1. The molecule has 1 aromatic carbocycles. The summed E-state index contributed by atoms with van der Waals surface area (Å²) in [5.74, 6) is 1.93. The average molecular weight is 403 g/mol. The van der Waals surface area contributed by atoms with Crippen LogP contribution in [0.1, 0.15) is 26.2 Å². The topological polar surface area (TPSA) is 63.4 Å². The van der Waals surface area contributed by atoms with Crippen molar-refractivity contribution < 1.29 is 9.15 Å². The highest BCUT2D eigenvalue weighted by Crippen LogP contribution is 2.23. The van der Waals surface area contributed by atoms with E-state index in [4.69, 9.17) is 21.4 Å². The third-order valence-electron chi connectivity index (χ3n) is 3.72. The van der Waals surface area contributed by atoms with E-state index in [0.717, 1.165) is 29.3 Å². The molecule has 0 atom stereocenters. The van der Waals surface area contributed by atoms with Gasteiger partial charge in [-0.1, -0.05) is 13.0 Å². The van der Waals surface area contributed by atoms with Crippen LogP contribution in [0.25, 0.3) is 10.8 Å². The Bertz CT molecular complexity index is 847. The van der Waals surface area contributed by atoms with Crippen LogP contribution in [0.2, 0.25) is 0 Å². The van der Waals surface area contributed by atoms with Crippen LogP contribution in [0, 0.1) is 0 Å². The Balaban J connectivity index is 1.64. The zero-order chi connectivity index (χ0) is 19.1. The van der Waals surface area contributed by atoms with Gasteiger partial charge in [0.15, 0.2) is 5.11 Å². The minimum atomic E-state index is 0.467. The Morgan fingerprint density at radius 1 is 1.22 bits per heavy atom.